The van der Waals surface area contributed by atoms with Gasteiger partial charge in [-0.15, -0.1) is 0 Å². The first-order valence-electron chi connectivity index (χ1n) is 7.76. The summed E-state index contributed by atoms with van der Waals surface area (Å²) in [4.78, 5) is 0. The molecule has 0 spiro atoms. The van der Waals surface area contributed by atoms with Gasteiger partial charge in [-0.05, 0) is 56.6 Å². The second-order valence-corrected chi connectivity index (χ2v) is 5.98. The SMILES string of the molecule is CCCNC(c1c(Br)cnn1C(C)C)C(OCC)OCC. The fourth-order valence-electron chi connectivity index (χ4n) is 2.24. The van der Waals surface area contributed by atoms with Crippen molar-refractivity contribution in [1.29, 1.82) is 0 Å². The molecule has 1 aromatic heterocycles. The molecule has 0 amide bonds. The van der Waals surface area contributed by atoms with Gasteiger partial charge in [-0.25, -0.2) is 0 Å². The van der Waals surface area contributed by atoms with Crippen molar-refractivity contribution in [2.75, 3.05) is 19.8 Å². The lowest BCUT2D eigenvalue weighted by Gasteiger charge is -2.29. The van der Waals surface area contributed by atoms with Gasteiger partial charge >= 0.3 is 0 Å². The number of nitrogens with zero attached hydrogens (tertiary/aromatic N) is 2. The second-order valence-electron chi connectivity index (χ2n) is 5.13. The van der Waals surface area contributed by atoms with Crippen LogP contribution in [0.5, 0.6) is 0 Å². The fourth-order valence-corrected chi connectivity index (χ4v) is 2.76. The molecule has 1 heterocycles. The Balaban J connectivity index is 3.13. The first-order valence-corrected chi connectivity index (χ1v) is 8.55. The van der Waals surface area contributed by atoms with Crippen LogP contribution in [0.1, 0.15) is 58.8 Å². The van der Waals surface area contributed by atoms with Crippen LogP contribution in [0.2, 0.25) is 0 Å². The number of hydrogen-bond acceptors (Lipinski definition) is 4. The van der Waals surface area contributed by atoms with E-state index in [4.69, 9.17) is 9.47 Å². The summed E-state index contributed by atoms with van der Waals surface area (Å²) >= 11 is 3.61. The zero-order chi connectivity index (χ0) is 15.8. The highest BCUT2D eigenvalue weighted by Crippen LogP contribution is 2.29. The molecule has 0 aromatic carbocycles. The maximum atomic E-state index is 5.81. The number of rotatable bonds is 10. The fraction of sp³-hybridized carbons (Fsp3) is 0.800. The zero-order valence-corrected chi connectivity index (χ0v) is 15.3. The molecule has 0 aliphatic carbocycles. The van der Waals surface area contributed by atoms with E-state index in [1.54, 1.807) is 0 Å². The van der Waals surface area contributed by atoms with Gasteiger partial charge in [0.2, 0.25) is 0 Å². The summed E-state index contributed by atoms with van der Waals surface area (Å²) in [6.45, 7) is 12.5. The van der Waals surface area contributed by atoms with E-state index in [1.165, 1.54) is 0 Å². The van der Waals surface area contributed by atoms with Gasteiger partial charge in [0.05, 0.1) is 16.4 Å². The van der Waals surface area contributed by atoms with E-state index < -0.39 is 0 Å². The lowest BCUT2D eigenvalue weighted by Crippen LogP contribution is -2.38. The summed E-state index contributed by atoms with van der Waals surface area (Å²) in [6.07, 6.45) is 2.57. The molecule has 1 rings (SSSR count). The van der Waals surface area contributed by atoms with Crippen LogP contribution in [0.25, 0.3) is 0 Å². The molecule has 1 unspecified atom stereocenters. The molecule has 0 saturated heterocycles. The molecule has 0 radical (unpaired) electrons. The maximum Gasteiger partial charge on any atom is 0.178 e. The Morgan fingerprint density at radius 3 is 2.33 bits per heavy atom. The van der Waals surface area contributed by atoms with Crippen molar-refractivity contribution in [3.63, 3.8) is 0 Å². The van der Waals surface area contributed by atoms with Crippen LogP contribution in [0.15, 0.2) is 10.7 Å². The molecule has 0 saturated carbocycles. The minimum Gasteiger partial charge on any atom is -0.351 e. The second kappa shape index (κ2) is 9.56. The number of ether oxygens (including phenoxy) is 2. The third kappa shape index (κ3) is 5.06. The molecule has 0 aliphatic heterocycles. The summed E-state index contributed by atoms with van der Waals surface area (Å²) in [7, 11) is 0. The summed E-state index contributed by atoms with van der Waals surface area (Å²) in [5, 5.41) is 8.00. The van der Waals surface area contributed by atoms with Gasteiger partial charge in [0.1, 0.15) is 6.04 Å². The summed E-state index contributed by atoms with van der Waals surface area (Å²) in [5.41, 5.74) is 1.07. The van der Waals surface area contributed by atoms with Crippen LogP contribution >= 0.6 is 15.9 Å². The Labute approximate surface area is 136 Å². The molecule has 0 fully saturated rings. The Morgan fingerprint density at radius 1 is 1.24 bits per heavy atom. The van der Waals surface area contributed by atoms with E-state index in [-0.39, 0.29) is 18.4 Å². The van der Waals surface area contributed by atoms with Crippen molar-refractivity contribution in [3.05, 3.63) is 16.4 Å². The smallest absolute Gasteiger partial charge is 0.178 e. The molecule has 1 N–H and O–H groups in total. The van der Waals surface area contributed by atoms with Crippen molar-refractivity contribution >= 4 is 15.9 Å². The number of nitrogens with one attached hydrogen (secondary N) is 1. The van der Waals surface area contributed by atoms with E-state index in [0.717, 1.165) is 23.1 Å². The van der Waals surface area contributed by atoms with E-state index in [2.05, 4.69) is 47.1 Å². The largest absolute Gasteiger partial charge is 0.351 e. The topological polar surface area (TPSA) is 48.3 Å². The number of hydrogen-bond donors (Lipinski definition) is 1. The Morgan fingerprint density at radius 2 is 1.86 bits per heavy atom. The molecule has 21 heavy (non-hydrogen) atoms. The van der Waals surface area contributed by atoms with Crippen molar-refractivity contribution in [3.8, 4) is 0 Å². The normalized spacial score (nSPS) is 13.3. The van der Waals surface area contributed by atoms with Gasteiger partial charge in [-0.2, -0.15) is 5.10 Å². The van der Waals surface area contributed by atoms with Crippen LogP contribution < -0.4 is 5.32 Å². The van der Waals surface area contributed by atoms with Gasteiger partial charge < -0.3 is 14.8 Å². The average Bonchev–Trinajstić information content (AvgIpc) is 2.82. The predicted molar refractivity (Wildman–Crippen MR) is 88.4 cm³/mol. The van der Waals surface area contributed by atoms with Crippen molar-refractivity contribution in [2.45, 2.75) is 59.4 Å². The lowest BCUT2D eigenvalue weighted by molar-refractivity contribution is -0.156. The first-order chi connectivity index (χ1) is 10.1. The average molecular weight is 362 g/mol. The van der Waals surface area contributed by atoms with E-state index in [1.807, 2.05) is 24.7 Å². The van der Waals surface area contributed by atoms with Crippen LogP contribution in [0.4, 0.5) is 0 Å². The molecule has 0 bridgehead atoms. The van der Waals surface area contributed by atoms with E-state index in [9.17, 15) is 0 Å². The lowest BCUT2D eigenvalue weighted by atomic mass is 10.1. The standard InChI is InChI=1S/C15H28BrN3O2/c1-6-9-17-13(15(20-7-2)21-8-3)14-12(16)10-18-19(14)11(4)5/h10-11,13,15,17H,6-9H2,1-5H3. The Bertz CT molecular complexity index is 404. The van der Waals surface area contributed by atoms with Gasteiger partial charge in [0, 0.05) is 19.3 Å². The predicted octanol–water partition coefficient (Wildman–Crippen LogP) is 3.67. The molecular weight excluding hydrogens is 334 g/mol. The monoisotopic (exact) mass is 361 g/mol. The van der Waals surface area contributed by atoms with Gasteiger partial charge in [0.25, 0.3) is 0 Å². The first kappa shape index (κ1) is 18.6. The summed E-state index contributed by atoms with van der Waals surface area (Å²) in [6, 6.07) is 0.227. The molecule has 1 aromatic rings. The molecule has 122 valence electrons. The zero-order valence-electron chi connectivity index (χ0n) is 13.7. The summed E-state index contributed by atoms with van der Waals surface area (Å²) < 4.78 is 14.6. The highest BCUT2D eigenvalue weighted by molar-refractivity contribution is 9.10. The highest BCUT2D eigenvalue weighted by Gasteiger charge is 2.29. The third-order valence-electron chi connectivity index (χ3n) is 3.12. The minimum atomic E-state index is -0.322. The minimum absolute atomic E-state index is 0.0517. The van der Waals surface area contributed by atoms with E-state index >= 15 is 0 Å². The summed E-state index contributed by atoms with van der Waals surface area (Å²) in [5.74, 6) is 0. The van der Waals surface area contributed by atoms with Crippen LogP contribution in [0.3, 0.4) is 0 Å². The molecule has 1 atom stereocenters. The molecule has 0 aliphatic rings. The molecular formula is C15H28BrN3O2. The van der Waals surface area contributed by atoms with Crippen LogP contribution in [-0.4, -0.2) is 35.8 Å². The molecule has 5 nitrogen and oxygen atoms in total. The quantitative estimate of drug-likeness (QED) is 0.646. The Kier molecular flexibility index (Phi) is 8.48. The Hall–Kier alpha value is -0.430. The highest BCUT2D eigenvalue weighted by atomic mass is 79.9. The van der Waals surface area contributed by atoms with Gasteiger partial charge in [-0.1, -0.05) is 6.92 Å². The van der Waals surface area contributed by atoms with Crippen LogP contribution in [-0.2, 0) is 9.47 Å². The van der Waals surface area contributed by atoms with Gasteiger partial charge in [0.15, 0.2) is 6.29 Å². The number of aromatic nitrogens is 2. The molecule has 6 heteroatoms. The van der Waals surface area contributed by atoms with E-state index in [0.29, 0.717) is 13.2 Å². The van der Waals surface area contributed by atoms with Crippen molar-refractivity contribution in [1.82, 2.24) is 15.1 Å². The van der Waals surface area contributed by atoms with Crippen molar-refractivity contribution in [2.24, 2.45) is 0 Å². The third-order valence-corrected chi connectivity index (χ3v) is 3.73. The maximum absolute atomic E-state index is 5.81. The van der Waals surface area contributed by atoms with Gasteiger partial charge in [-0.3, -0.25) is 4.68 Å². The van der Waals surface area contributed by atoms with Crippen LogP contribution in [0, 0.1) is 0 Å². The number of halogens is 1. The van der Waals surface area contributed by atoms with Crippen molar-refractivity contribution < 1.29 is 9.47 Å².